The van der Waals surface area contributed by atoms with Crippen LogP contribution >= 0.6 is 11.5 Å². The Morgan fingerprint density at radius 2 is 2.31 bits per heavy atom. The van der Waals surface area contributed by atoms with E-state index in [0.29, 0.717) is 24.1 Å². The molecule has 1 saturated heterocycles. The lowest BCUT2D eigenvalue weighted by atomic mass is 10.1. The summed E-state index contributed by atoms with van der Waals surface area (Å²) in [7, 11) is 0. The molecule has 2 rings (SSSR count). The first-order chi connectivity index (χ1) is 7.55. The predicted octanol–water partition coefficient (Wildman–Crippen LogP) is 1.55. The molecule has 90 valence electrons. The third kappa shape index (κ3) is 2.82. The van der Waals surface area contributed by atoms with E-state index in [1.54, 1.807) is 0 Å². The summed E-state index contributed by atoms with van der Waals surface area (Å²) >= 11 is 0.636. The maximum absolute atomic E-state index is 12.2. The lowest BCUT2D eigenvalue weighted by Gasteiger charge is -2.07. The van der Waals surface area contributed by atoms with Crippen molar-refractivity contribution in [2.45, 2.75) is 12.6 Å². The van der Waals surface area contributed by atoms with Gasteiger partial charge in [0, 0.05) is 24.0 Å². The molecule has 16 heavy (non-hydrogen) atoms. The molecular weight excluding hydrogens is 243 g/mol. The molecular formula is C8H10F3N3OS. The summed E-state index contributed by atoms with van der Waals surface area (Å²) in [6, 6.07) is 0. The van der Waals surface area contributed by atoms with Crippen molar-refractivity contribution in [3.05, 3.63) is 5.82 Å². The molecule has 0 aromatic carbocycles. The Hall–Kier alpha value is -0.890. The minimum absolute atomic E-state index is 0.0146. The SMILES string of the molecule is FC(F)(F)c1nsc(OCC2CCNC2)n1. The second-order valence-electron chi connectivity index (χ2n) is 3.55. The Morgan fingerprint density at radius 1 is 1.50 bits per heavy atom. The number of alkyl halides is 3. The summed E-state index contributed by atoms with van der Waals surface area (Å²) in [5.41, 5.74) is 0. The molecule has 0 bridgehead atoms. The van der Waals surface area contributed by atoms with Gasteiger partial charge in [0.1, 0.15) is 0 Å². The van der Waals surface area contributed by atoms with E-state index in [0.717, 1.165) is 19.5 Å². The second-order valence-corrected chi connectivity index (χ2v) is 4.27. The van der Waals surface area contributed by atoms with Gasteiger partial charge in [0.15, 0.2) is 0 Å². The second kappa shape index (κ2) is 4.54. The summed E-state index contributed by atoms with van der Waals surface area (Å²) < 4.78 is 44.8. The van der Waals surface area contributed by atoms with Gasteiger partial charge in [-0.15, -0.1) is 0 Å². The van der Waals surface area contributed by atoms with Crippen molar-refractivity contribution in [1.82, 2.24) is 14.7 Å². The predicted molar refractivity (Wildman–Crippen MR) is 51.4 cm³/mol. The quantitative estimate of drug-likeness (QED) is 0.887. The standard InChI is InChI=1S/C8H10F3N3OS/c9-8(10,11)6-13-7(16-14-6)15-4-5-1-2-12-3-5/h5,12H,1-4H2. The van der Waals surface area contributed by atoms with Gasteiger partial charge in [-0.2, -0.15) is 22.5 Å². The van der Waals surface area contributed by atoms with E-state index in [9.17, 15) is 13.2 Å². The maximum Gasteiger partial charge on any atom is 0.452 e. The molecule has 0 aliphatic carbocycles. The molecule has 1 aliphatic heterocycles. The van der Waals surface area contributed by atoms with Crippen LogP contribution in [0.25, 0.3) is 0 Å². The van der Waals surface area contributed by atoms with Crippen molar-refractivity contribution in [3.63, 3.8) is 0 Å². The molecule has 0 amide bonds. The smallest absolute Gasteiger partial charge is 0.452 e. The van der Waals surface area contributed by atoms with Crippen molar-refractivity contribution in [2.24, 2.45) is 5.92 Å². The van der Waals surface area contributed by atoms with Crippen LogP contribution in [-0.4, -0.2) is 29.1 Å². The molecule has 8 heteroatoms. The van der Waals surface area contributed by atoms with Gasteiger partial charge in [0.2, 0.25) is 0 Å². The van der Waals surface area contributed by atoms with Crippen LogP contribution in [0.3, 0.4) is 0 Å². The third-order valence-electron chi connectivity index (χ3n) is 2.27. The average molecular weight is 253 g/mol. The van der Waals surface area contributed by atoms with E-state index in [2.05, 4.69) is 14.7 Å². The molecule has 0 radical (unpaired) electrons. The van der Waals surface area contributed by atoms with Crippen LogP contribution in [-0.2, 0) is 6.18 Å². The summed E-state index contributed by atoms with van der Waals surface area (Å²) in [5.74, 6) is -0.782. The minimum atomic E-state index is -4.49. The summed E-state index contributed by atoms with van der Waals surface area (Å²) in [6.45, 7) is 2.16. The van der Waals surface area contributed by atoms with Crippen LogP contribution in [0.15, 0.2) is 0 Å². The largest absolute Gasteiger partial charge is 0.469 e. The summed E-state index contributed by atoms with van der Waals surface area (Å²) in [6.07, 6.45) is -3.52. The molecule has 0 saturated carbocycles. The highest BCUT2D eigenvalue weighted by Crippen LogP contribution is 2.29. The fourth-order valence-corrected chi connectivity index (χ4v) is 1.99. The highest BCUT2D eigenvalue weighted by molar-refractivity contribution is 7.07. The van der Waals surface area contributed by atoms with Gasteiger partial charge >= 0.3 is 6.18 Å². The van der Waals surface area contributed by atoms with Crippen LogP contribution < -0.4 is 10.1 Å². The number of hydrogen-bond donors (Lipinski definition) is 1. The Balaban J connectivity index is 1.87. The van der Waals surface area contributed by atoms with E-state index < -0.39 is 12.0 Å². The molecule has 1 aliphatic rings. The fraction of sp³-hybridized carbons (Fsp3) is 0.750. The highest BCUT2D eigenvalue weighted by atomic mass is 32.1. The zero-order chi connectivity index (χ0) is 11.6. The molecule has 1 atom stereocenters. The average Bonchev–Trinajstić information content (AvgIpc) is 2.85. The molecule has 1 N–H and O–H groups in total. The van der Waals surface area contributed by atoms with Crippen LogP contribution in [0.2, 0.25) is 0 Å². The first kappa shape index (κ1) is 11.6. The van der Waals surface area contributed by atoms with Crippen molar-refractivity contribution in [3.8, 4) is 5.19 Å². The normalized spacial score (nSPS) is 21.3. The van der Waals surface area contributed by atoms with Crippen LogP contribution in [0.5, 0.6) is 5.19 Å². The Labute approximate surface area is 94.0 Å². The number of ether oxygens (including phenoxy) is 1. The maximum atomic E-state index is 12.2. The topological polar surface area (TPSA) is 47.0 Å². The van der Waals surface area contributed by atoms with Crippen LogP contribution in [0.4, 0.5) is 13.2 Å². The van der Waals surface area contributed by atoms with E-state index in [1.807, 2.05) is 0 Å². The highest BCUT2D eigenvalue weighted by Gasteiger charge is 2.36. The number of aromatic nitrogens is 2. The van der Waals surface area contributed by atoms with Gasteiger partial charge in [0.25, 0.3) is 11.0 Å². The van der Waals surface area contributed by atoms with Crippen LogP contribution in [0.1, 0.15) is 12.2 Å². The molecule has 4 nitrogen and oxygen atoms in total. The number of nitrogens with one attached hydrogen (secondary N) is 1. The number of halogens is 3. The Morgan fingerprint density at radius 3 is 2.88 bits per heavy atom. The Kier molecular flexibility index (Phi) is 3.29. The van der Waals surface area contributed by atoms with E-state index >= 15 is 0 Å². The zero-order valence-electron chi connectivity index (χ0n) is 8.25. The monoisotopic (exact) mass is 253 g/mol. The third-order valence-corrected chi connectivity index (χ3v) is 2.90. The summed E-state index contributed by atoms with van der Waals surface area (Å²) in [5, 5.41) is 3.13. The van der Waals surface area contributed by atoms with Crippen LogP contribution in [0, 0.1) is 5.92 Å². The molecule has 1 fully saturated rings. The van der Waals surface area contributed by atoms with Crippen molar-refractivity contribution < 1.29 is 17.9 Å². The van der Waals surface area contributed by atoms with Crippen molar-refractivity contribution >= 4 is 11.5 Å². The summed E-state index contributed by atoms with van der Waals surface area (Å²) in [4.78, 5) is 3.28. The molecule has 2 heterocycles. The van der Waals surface area contributed by atoms with Gasteiger partial charge in [-0.3, -0.25) is 0 Å². The fourth-order valence-electron chi connectivity index (χ4n) is 1.43. The lowest BCUT2D eigenvalue weighted by molar-refractivity contribution is -0.144. The van der Waals surface area contributed by atoms with E-state index in [1.165, 1.54) is 0 Å². The number of nitrogens with zero attached hydrogens (tertiary/aromatic N) is 2. The number of hydrogen-bond acceptors (Lipinski definition) is 5. The first-order valence-electron chi connectivity index (χ1n) is 4.80. The van der Waals surface area contributed by atoms with Gasteiger partial charge < -0.3 is 10.1 Å². The van der Waals surface area contributed by atoms with Gasteiger partial charge in [0.05, 0.1) is 6.61 Å². The molecule has 1 aromatic heterocycles. The molecule has 0 spiro atoms. The van der Waals surface area contributed by atoms with Gasteiger partial charge in [-0.05, 0) is 13.0 Å². The first-order valence-corrected chi connectivity index (χ1v) is 5.57. The van der Waals surface area contributed by atoms with Crippen molar-refractivity contribution in [1.29, 1.82) is 0 Å². The van der Waals surface area contributed by atoms with E-state index in [4.69, 9.17) is 4.74 Å². The van der Waals surface area contributed by atoms with E-state index in [-0.39, 0.29) is 5.19 Å². The van der Waals surface area contributed by atoms with Gasteiger partial charge in [-0.25, -0.2) is 0 Å². The number of rotatable bonds is 3. The Bertz CT molecular complexity index is 349. The minimum Gasteiger partial charge on any atom is -0.469 e. The zero-order valence-corrected chi connectivity index (χ0v) is 9.07. The van der Waals surface area contributed by atoms with Crippen molar-refractivity contribution in [2.75, 3.05) is 19.7 Å². The molecule has 1 aromatic rings. The van der Waals surface area contributed by atoms with Gasteiger partial charge in [-0.1, -0.05) is 0 Å². The lowest BCUT2D eigenvalue weighted by Crippen LogP contribution is -2.15. The molecule has 1 unspecified atom stereocenters.